The molecule has 1 aromatic rings. The van der Waals surface area contributed by atoms with Gasteiger partial charge in [0.25, 0.3) is 0 Å². The average molecular weight is 289 g/mol. The summed E-state index contributed by atoms with van der Waals surface area (Å²) in [4.78, 5) is 12.0. The number of rotatable bonds is 5. The van der Waals surface area contributed by atoms with Gasteiger partial charge in [-0.15, -0.1) is 0 Å². The molecule has 2 fully saturated rings. The molecule has 1 heterocycles. The van der Waals surface area contributed by atoms with E-state index in [1.165, 1.54) is 6.42 Å². The van der Waals surface area contributed by atoms with E-state index in [1.807, 2.05) is 30.3 Å². The molecule has 1 saturated carbocycles. The molecule has 2 aliphatic rings. The van der Waals surface area contributed by atoms with Crippen LogP contribution in [0.3, 0.4) is 0 Å². The Bertz CT molecular complexity index is 468. The van der Waals surface area contributed by atoms with Gasteiger partial charge in [0, 0.05) is 19.3 Å². The van der Waals surface area contributed by atoms with Crippen LogP contribution in [0.4, 0.5) is 0 Å². The second kappa shape index (κ2) is 6.58. The molecule has 1 saturated heterocycles. The molecule has 1 N–H and O–H groups in total. The van der Waals surface area contributed by atoms with E-state index in [2.05, 4.69) is 5.32 Å². The minimum absolute atomic E-state index is 0.00139. The maximum Gasteiger partial charge on any atom is 0.246 e. The van der Waals surface area contributed by atoms with E-state index in [1.54, 1.807) is 0 Å². The zero-order valence-electron chi connectivity index (χ0n) is 12.3. The highest BCUT2D eigenvalue weighted by atomic mass is 16.5. The lowest BCUT2D eigenvalue weighted by molar-refractivity contribution is -0.131. The van der Waals surface area contributed by atoms with Gasteiger partial charge in [-0.3, -0.25) is 4.79 Å². The number of amides is 1. The summed E-state index contributed by atoms with van der Waals surface area (Å²) in [6.07, 6.45) is 4.45. The van der Waals surface area contributed by atoms with Crippen molar-refractivity contribution in [2.24, 2.45) is 5.41 Å². The smallest absolute Gasteiger partial charge is 0.246 e. The molecule has 1 atom stereocenters. The maximum atomic E-state index is 12.0. The van der Waals surface area contributed by atoms with Crippen molar-refractivity contribution in [3.8, 4) is 0 Å². The molecule has 1 unspecified atom stereocenters. The summed E-state index contributed by atoms with van der Waals surface area (Å²) in [5.41, 5.74) is 1.39. The monoisotopic (exact) mass is 289 g/mol. The number of carbonyl (C=O) groups is 1. The van der Waals surface area contributed by atoms with Crippen LogP contribution in [0.25, 0.3) is 0 Å². The zero-order chi connectivity index (χ0) is 14.5. The van der Waals surface area contributed by atoms with Gasteiger partial charge in [0.2, 0.25) is 5.91 Å². The van der Waals surface area contributed by atoms with Crippen molar-refractivity contribution in [1.82, 2.24) is 5.32 Å². The first-order valence-electron chi connectivity index (χ1n) is 7.77. The van der Waals surface area contributed by atoms with Crippen LogP contribution >= 0.6 is 0 Å². The second-order valence-corrected chi connectivity index (χ2v) is 6.11. The summed E-state index contributed by atoms with van der Waals surface area (Å²) in [7, 11) is 0. The third-order valence-electron chi connectivity index (χ3n) is 4.84. The van der Waals surface area contributed by atoms with Crippen LogP contribution in [-0.4, -0.2) is 31.8 Å². The summed E-state index contributed by atoms with van der Waals surface area (Å²) in [5.74, 6) is 0.00139. The third kappa shape index (κ3) is 3.44. The molecule has 1 aliphatic carbocycles. The Hall–Kier alpha value is -1.39. The highest BCUT2D eigenvalue weighted by Crippen LogP contribution is 2.48. The fourth-order valence-corrected chi connectivity index (χ4v) is 3.37. The topological polar surface area (TPSA) is 47.6 Å². The molecule has 3 rings (SSSR count). The number of carbonyl (C=O) groups excluding carboxylic acids is 1. The highest BCUT2D eigenvalue weighted by molar-refractivity contribution is 5.77. The van der Waals surface area contributed by atoms with Gasteiger partial charge >= 0.3 is 0 Å². The molecule has 0 bridgehead atoms. The minimum Gasteiger partial charge on any atom is -0.381 e. The molecular weight excluding hydrogens is 266 g/mol. The summed E-state index contributed by atoms with van der Waals surface area (Å²) in [6, 6.07) is 10.2. The van der Waals surface area contributed by atoms with Crippen molar-refractivity contribution in [3.05, 3.63) is 35.9 Å². The highest BCUT2D eigenvalue weighted by Gasteiger charge is 2.47. The largest absolute Gasteiger partial charge is 0.381 e. The number of ether oxygens (including phenoxy) is 2. The van der Waals surface area contributed by atoms with Gasteiger partial charge in [-0.25, -0.2) is 0 Å². The Kier molecular flexibility index (Phi) is 4.56. The molecule has 4 nitrogen and oxygen atoms in total. The molecule has 1 aromatic carbocycles. The molecule has 0 radical (unpaired) electrons. The molecule has 1 aliphatic heterocycles. The van der Waals surface area contributed by atoms with Gasteiger partial charge in [0.1, 0.15) is 6.61 Å². The summed E-state index contributed by atoms with van der Waals surface area (Å²) in [5, 5.41) is 3.14. The minimum atomic E-state index is 0.00139. The molecule has 21 heavy (non-hydrogen) atoms. The van der Waals surface area contributed by atoms with E-state index in [9.17, 15) is 4.79 Å². The summed E-state index contributed by atoms with van der Waals surface area (Å²) >= 11 is 0. The summed E-state index contributed by atoms with van der Waals surface area (Å²) < 4.78 is 10.9. The second-order valence-electron chi connectivity index (χ2n) is 6.11. The molecular formula is C17H23NO3. The Balaban J connectivity index is 1.40. The Labute approximate surface area is 125 Å². The van der Waals surface area contributed by atoms with Gasteiger partial charge < -0.3 is 14.8 Å². The number of hydrogen-bond donors (Lipinski definition) is 1. The van der Waals surface area contributed by atoms with Crippen molar-refractivity contribution >= 4 is 5.91 Å². The van der Waals surface area contributed by atoms with E-state index in [0.29, 0.717) is 18.1 Å². The molecule has 114 valence electrons. The van der Waals surface area contributed by atoms with Crippen molar-refractivity contribution < 1.29 is 14.3 Å². The first-order chi connectivity index (χ1) is 10.3. The molecule has 4 heteroatoms. The Morgan fingerprint density at radius 2 is 2.00 bits per heavy atom. The van der Waals surface area contributed by atoms with Crippen molar-refractivity contribution in [2.45, 2.75) is 38.3 Å². The van der Waals surface area contributed by atoms with E-state index >= 15 is 0 Å². The maximum absolute atomic E-state index is 12.0. The first-order valence-corrected chi connectivity index (χ1v) is 7.77. The lowest BCUT2D eigenvalue weighted by Crippen LogP contribution is -2.57. The zero-order valence-corrected chi connectivity index (χ0v) is 12.3. The van der Waals surface area contributed by atoms with Crippen LogP contribution in [0.5, 0.6) is 0 Å². The molecule has 1 spiro atoms. The number of benzene rings is 1. The fraction of sp³-hybridized carbons (Fsp3) is 0.588. The third-order valence-corrected chi connectivity index (χ3v) is 4.84. The predicted octanol–water partition coefficient (Wildman–Crippen LogP) is 2.28. The molecule has 0 aromatic heterocycles. The average Bonchev–Trinajstić information content (AvgIpc) is 2.53. The Morgan fingerprint density at radius 3 is 2.67 bits per heavy atom. The van der Waals surface area contributed by atoms with Crippen molar-refractivity contribution in [3.63, 3.8) is 0 Å². The number of nitrogens with one attached hydrogen (secondary N) is 1. The Morgan fingerprint density at radius 1 is 1.24 bits per heavy atom. The van der Waals surface area contributed by atoms with E-state index in [4.69, 9.17) is 9.47 Å². The summed E-state index contributed by atoms with van der Waals surface area (Å²) in [6.45, 7) is 2.28. The van der Waals surface area contributed by atoms with Crippen LogP contribution < -0.4 is 5.32 Å². The van der Waals surface area contributed by atoms with E-state index in [-0.39, 0.29) is 12.5 Å². The SMILES string of the molecule is O=C(COCc1ccccc1)NC1CCC12CCOCC2. The van der Waals surface area contributed by atoms with E-state index in [0.717, 1.165) is 38.0 Å². The van der Waals surface area contributed by atoms with Gasteiger partial charge in [0.15, 0.2) is 0 Å². The van der Waals surface area contributed by atoms with Gasteiger partial charge in [-0.05, 0) is 36.7 Å². The molecule has 1 amide bonds. The quantitative estimate of drug-likeness (QED) is 0.904. The first kappa shape index (κ1) is 14.5. The van der Waals surface area contributed by atoms with Crippen LogP contribution in [0.2, 0.25) is 0 Å². The van der Waals surface area contributed by atoms with E-state index < -0.39 is 0 Å². The standard InChI is InChI=1S/C17H23NO3/c19-16(13-21-12-14-4-2-1-3-5-14)18-15-6-7-17(15)8-10-20-11-9-17/h1-5,15H,6-13H2,(H,18,19). The van der Waals surface area contributed by atoms with Gasteiger partial charge in [-0.2, -0.15) is 0 Å². The van der Waals surface area contributed by atoms with Crippen molar-refractivity contribution in [1.29, 1.82) is 0 Å². The normalized spacial score (nSPS) is 23.5. The lowest BCUT2D eigenvalue weighted by Gasteiger charge is -2.52. The van der Waals surface area contributed by atoms with Gasteiger partial charge in [0.05, 0.1) is 6.61 Å². The fourth-order valence-electron chi connectivity index (χ4n) is 3.37. The van der Waals surface area contributed by atoms with Gasteiger partial charge in [-0.1, -0.05) is 30.3 Å². The lowest BCUT2D eigenvalue weighted by atomic mass is 9.60. The number of hydrogen-bond acceptors (Lipinski definition) is 3. The van der Waals surface area contributed by atoms with Crippen LogP contribution in [0.15, 0.2) is 30.3 Å². The van der Waals surface area contributed by atoms with Crippen LogP contribution in [0.1, 0.15) is 31.2 Å². The predicted molar refractivity (Wildman–Crippen MR) is 79.7 cm³/mol. The van der Waals surface area contributed by atoms with Crippen LogP contribution in [-0.2, 0) is 20.9 Å². The van der Waals surface area contributed by atoms with Crippen LogP contribution in [0, 0.1) is 5.41 Å². The van der Waals surface area contributed by atoms with Crippen molar-refractivity contribution in [2.75, 3.05) is 19.8 Å².